The van der Waals surface area contributed by atoms with Crippen LogP contribution in [0, 0.1) is 0 Å². The number of hydrogen-bond acceptors (Lipinski definition) is 3. The van der Waals surface area contributed by atoms with Crippen molar-refractivity contribution in [1.82, 2.24) is 15.5 Å². The number of hydrogen-bond donors (Lipinski definition) is 2. The highest BCUT2D eigenvalue weighted by molar-refractivity contribution is 5.96. The van der Waals surface area contributed by atoms with E-state index < -0.39 is 0 Å². The van der Waals surface area contributed by atoms with Gasteiger partial charge in [0.25, 0.3) is 5.91 Å². The number of nitrogens with zero attached hydrogens (tertiary/aromatic N) is 1. The Morgan fingerprint density at radius 1 is 1.12 bits per heavy atom. The van der Waals surface area contributed by atoms with Crippen molar-refractivity contribution >= 4 is 17.7 Å². The van der Waals surface area contributed by atoms with Crippen LogP contribution >= 0.6 is 0 Å². The van der Waals surface area contributed by atoms with E-state index in [-0.39, 0.29) is 30.3 Å². The summed E-state index contributed by atoms with van der Waals surface area (Å²) in [5.74, 6) is -0.228. The van der Waals surface area contributed by atoms with Gasteiger partial charge in [-0.2, -0.15) is 0 Å². The number of amides is 3. The molecule has 1 saturated heterocycles. The summed E-state index contributed by atoms with van der Waals surface area (Å²) in [6.07, 6.45) is 4.01. The Morgan fingerprint density at radius 3 is 2.44 bits per heavy atom. The van der Waals surface area contributed by atoms with E-state index >= 15 is 0 Å². The molecule has 1 aliphatic heterocycles. The van der Waals surface area contributed by atoms with Gasteiger partial charge < -0.3 is 15.5 Å². The normalized spacial score (nSPS) is 14.8. The maximum absolute atomic E-state index is 12.2. The molecule has 6 heteroatoms. The Morgan fingerprint density at radius 2 is 1.80 bits per heavy atom. The first-order valence-electron chi connectivity index (χ1n) is 9.00. The molecular formula is C19H27N3O3. The Balaban J connectivity index is 1.69. The van der Waals surface area contributed by atoms with Gasteiger partial charge in [-0.25, -0.2) is 0 Å². The fourth-order valence-electron chi connectivity index (χ4n) is 2.87. The van der Waals surface area contributed by atoms with Crippen molar-refractivity contribution < 1.29 is 14.4 Å². The van der Waals surface area contributed by atoms with Crippen LogP contribution in [0.15, 0.2) is 30.3 Å². The zero-order valence-corrected chi connectivity index (χ0v) is 14.8. The summed E-state index contributed by atoms with van der Waals surface area (Å²) in [6, 6.07) is 8.99. The maximum atomic E-state index is 12.2. The number of carbonyl (C=O) groups is 3. The van der Waals surface area contributed by atoms with Crippen molar-refractivity contribution in [2.24, 2.45) is 0 Å². The van der Waals surface area contributed by atoms with Crippen LogP contribution in [0.3, 0.4) is 0 Å². The number of carbonyl (C=O) groups excluding carboxylic acids is 3. The van der Waals surface area contributed by atoms with Gasteiger partial charge in [-0.3, -0.25) is 14.4 Å². The third-order valence-electron chi connectivity index (χ3n) is 4.41. The largest absolute Gasteiger partial charge is 0.353 e. The van der Waals surface area contributed by atoms with Crippen molar-refractivity contribution in [3.63, 3.8) is 0 Å². The van der Waals surface area contributed by atoms with Crippen molar-refractivity contribution in [2.75, 3.05) is 19.6 Å². The predicted octanol–water partition coefficient (Wildman–Crippen LogP) is 1.71. The highest BCUT2D eigenvalue weighted by Crippen LogP contribution is 2.11. The summed E-state index contributed by atoms with van der Waals surface area (Å²) in [4.78, 5) is 37.7. The number of benzene rings is 1. The molecule has 136 valence electrons. The molecule has 0 atom stereocenters. The molecule has 0 spiro atoms. The smallest absolute Gasteiger partial charge is 0.251 e. The lowest BCUT2D eigenvalue weighted by Crippen LogP contribution is -2.49. The molecule has 1 aliphatic rings. The van der Waals surface area contributed by atoms with E-state index in [1.165, 1.54) is 0 Å². The van der Waals surface area contributed by atoms with Crippen LogP contribution < -0.4 is 10.6 Å². The number of nitrogens with one attached hydrogen (secondary N) is 2. The number of rotatable bonds is 7. The van der Waals surface area contributed by atoms with Gasteiger partial charge in [0.05, 0.1) is 6.54 Å². The van der Waals surface area contributed by atoms with E-state index in [1.807, 2.05) is 6.07 Å². The van der Waals surface area contributed by atoms with Crippen LogP contribution in [-0.2, 0) is 9.59 Å². The Hall–Kier alpha value is -2.37. The minimum absolute atomic E-state index is 0.00124. The third kappa shape index (κ3) is 6.21. The zero-order valence-electron chi connectivity index (χ0n) is 14.8. The van der Waals surface area contributed by atoms with Crippen LogP contribution in [0.25, 0.3) is 0 Å². The second kappa shape index (κ2) is 9.81. The average Bonchev–Trinajstić information content (AvgIpc) is 2.65. The first-order chi connectivity index (χ1) is 12.1. The average molecular weight is 345 g/mol. The van der Waals surface area contributed by atoms with Gasteiger partial charge in [0.1, 0.15) is 0 Å². The summed E-state index contributed by atoms with van der Waals surface area (Å²) < 4.78 is 0. The highest BCUT2D eigenvalue weighted by atomic mass is 16.2. The van der Waals surface area contributed by atoms with Gasteiger partial charge in [-0.05, 0) is 31.4 Å². The summed E-state index contributed by atoms with van der Waals surface area (Å²) in [5, 5.41) is 5.70. The van der Waals surface area contributed by atoms with E-state index in [1.54, 1.807) is 29.2 Å². The number of unbranched alkanes of at least 4 members (excludes halogenated alkanes) is 1. The molecule has 0 bridgehead atoms. The molecule has 6 nitrogen and oxygen atoms in total. The van der Waals surface area contributed by atoms with E-state index in [9.17, 15) is 14.4 Å². The van der Waals surface area contributed by atoms with Gasteiger partial charge in [-0.15, -0.1) is 0 Å². The Bertz CT molecular complexity index is 581. The van der Waals surface area contributed by atoms with Crippen molar-refractivity contribution in [3.8, 4) is 0 Å². The minimum Gasteiger partial charge on any atom is -0.353 e. The second-order valence-electron chi connectivity index (χ2n) is 6.37. The molecule has 0 aliphatic carbocycles. The molecular weight excluding hydrogens is 318 g/mol. The molecule has 1 fully saturated rings. The quantitative estimate of drug-likeness (QED) is 0.790. The number of piperidine rings is 1. The molecule has 3 amide bonds. The van der Waals surface area contributed by atoms with E-state index in [0.717, 1.165) is 25.7 Å². The van der Waals surface area contributed by atoms with Crippen LogP contribution in [0.2, 0.25) is 0 Å². The van der Waals surface area contributed by atoms with Crippen molar-refractivity contribution in [2.45, 2.75) is 45.1 Å². The van der Waals surface area contributed by atoms with Gasteiger partial charge >= 0.3 is 0 Å². The molecule has 0 aromatic heterocycles. The van der Waals surface area contributed by atoms with Gasteiger partial charge in [-0.1, -0.05) is 31.5 Å². The van der Waals surface area contributed by atoms with E-state index in [4.69, 9.17) is 0 Å². The van der Waals surface area contributed by atoms with Gasteiger partial charge in [0, 0.05) is 31.1 Å². The summed E-state index contributed by atoms with van der Waals surface area (Å²) in [5.41, 5.74) is 0.545. The van der Waals surface area contributed by atoms with Crippen molar-refractivity contribution in [1.29, 1.82) is 0 Å². The lowest BCUT2D eigenvalue weighted by Gasteiger charge is -2.32. The Kier molecular flexibility index (Phi) is 7.44. The topological polar surface area (TPSA) is 78.5 Å². The predicted molar refractivity (Wildman–Crippen MR) is 96.0 cm³/mol. The molecule has 0 saturated carbocycles. The molecule has 2 rings (SSSR count). The van der Waals surface area contributed by atoms with Gasteiger partial charge in [0.15, 0.2) is 0 Å². The minimum atomic E-state index is -0.243. The second-order valence-corrected chi connectivity index (χ2v) is 6.37. The molecule has 25 heavy (non-hydrogen) atoms. The summed E-state index contributed by atoms with van der Waals surface area (Å²) >= 11 is 0. The molecule has 1 heterocycles. The fraction of sp³-hybridized carbons (Fsp3) is 0.526. The lowest BCUT2D eigenvalue weighted by atomic mass is 10.0. The Labute approximate surface area is 149 Å². The molecule has 0 radical (unpaired) electrons. The third-order valence-corrected chi connectivity index (χ3v) is 4.41. The molecule has 1 aromatic rings. The van der Waals surface area contributed by atoms with Crippen molar-refractivity contribution in [3.05, 3.63) is 35.9 Å². The SMILES string of the molecule is CCCCC(=O)NC1CCN(C(=O)CNC(=O)c2ccccc2)CC1. The highest BCUT2D eigenvalue weighted by Gasteiger charge is 2.23. The van der Waals surface area contributed by atoms with Crippen LogP contribution in [-0.4, -0.2) is 48.3 Å². The first-order valence-corrected chi connectivity index (χ1v) is 9.00. The van der Waals surface area contributed by atoms with Crippen LogP contribution in [0.1, 0.15) is 49.4 Å². The molecule has 0 unspecified atom stereocenters. The summed E-state index contributed by atoms with van der Waals surface area (Å²) in [7, 11) is 0. The first kappa shape index (κ1) is 19.0. The summed E-state index contributed by atoms with van der Waals surface area (Å²) in [6.45, 7) is 3.28. The lowest BCUT2D eigenvalue weighted by molar-refractivity contribution is -0.131. The molecule has 1 aromatic carbocycles. The van der Waals surface area contributed by atoms with Crippen LogP contribution in [0.5, 0.6) is 0 Å². The monoisotopic (exact) mass is 345 g/mol. The maximum Gasteiger partial charge on any atom is 0.251 e. The number of likely N-dealkylation sites (tertiary alicyclic amines) is 1. The fourth-order valence-corrected chi connectivity index (χ4v) is 2.87. The van der Waals surface area contributed by atoms with E-state index in [2.05, 4.69) is 17.6 Å². The standard InChI is InChI=1S/C19H27N3O3/c1-2-3-9-17(23)21-16-10-12-22(13-11-16)18(24)14-20-19(25)15-7-5-4-6-8-15/h4-8,16H,2-3,9-14H2,1H3,(H,20,25)(H,21,23). The van der Waals surface area contributed by atoms with E-state index in [0.29, 0.717) is 25.1 Å². The molecule has 2 N–H and O–H groups in total. The van der Waals surface area contributed by atoms with Gasteiger partial charge in [0.2, 0.25) is 11.8 Å². The van der Waals surface area contributed by atoms with Crippen LogP contribution in [0.4, 0.5) is 0 Å². The zero-order chi connectivity index (χ0) is 18.1.